The monoisotopic (exact) mass is 439 g/mol. The van der Waals surface area contributed by atoms with Crippen molar-refractivity contribution >= 4 is 23.4 Å². The number of benzene rings is 2. The van der Waals surface area contributed by atoms with Crippen LogP contribution < -0.4 is 10.2 Å². The van der Waals surface area contributed by atoms with Gasteiger partial charge in [0.05, 0.1) is 18.6 Å². The number of aromatic hydroxyl groups is 1. The number of hydrazone groups is 1. The van der Waals surface area contributed by atoms with Gasteiger partial charge in [0, 0.05) is 12.1 Å². The lowest BCUT2D eigenvalue weighted by Crippen LogP contribution is -2.22. The molecule has 1 heterocycles. The minimum Gasteiger partial charge on any atom is -0.508 e. The Kier molecular flexibility index (Phi) is 7.66. The smallest absolute Gasteiger partial charge is 0.250 e. The van der Waals surface area contributed by atoms with E-state index in [2.05, 4.69) is 20.7 Å². The van der Waals surface area contributed by atoms with Crippen LogP contribution >= 0.6 is 11.8 Å². The summed E-state index contributed by atoms with van der Waals surface area (Å²) < 4.78 is 7.17. The molecule has 0 aliphatic heterocycles. The van der Waals surface area contributed by atoms with Crippen LogP contribution in [0.15, 0.2) is 58.8 Å². The number of nitrogens with one attached hydrogen (secondary N) is 1. The molecule has 0 saturated heterocycles. The zero-order valence-electron chi connectivity index (χ0n) is 17.7. The maximum absolute atomic E-state index is 12.3. The zero-order chi connectivity index (χ0) is 22.2. The van der Waals surface area contributed by atoms with E-state index < -0.39 is 0 Å². The molecule has 0 aliphatic carbocycles. The van der Waals surface area contributed by atoms with Crippen LogP contribution in [0.25, 0.3) is 11.4 Å². The van der Waals surface area contributed by atoms with Crippen LogP contribution in [-0.4, -0.2) is 44.4 Å². The lowest BCUT2D eigenvalue weighted by atomic mass is 10.1. The Morgan fingerprint density at radius 3 is 2.45 bits per heavy atom. The summed E-state index contributed by atoms with van der Waals surface area (Å²) in [5.41, 5.74) is 5.11. The Hall–Kier alpha value is -3.33. The Morgan fingerprint density at radius 2 is 1.84 bits per heavy atom. The van der Waals surface area contributed by atoms with Gasteiger partial charge < -0.3 is 14.4 Å². The first kappa shape index (κ1) is 22.4. The molecule has 31 heavy (non-hydrogen) atoms. The van der Waals surface area contributed by atoms with E-state index in [4.69, 9.17) is 4.74 Å². The van der Waals surface area contributed by atoms with Crippen molar-refractivity contribution in [2.75, 3.05) is 12.9 Å². The number of rotatable bonds is 9. The normalized spacial score (nSPS) is 11.4. The Bertz CT molecular complexity index is 1050. The van der Waals surface area contributed by atoms with Crippen molar-refractivity contribution in [2.24, 2.45) is 5.10 Å². The minimum absolute atomic E-state index is 0.164. The summed E-state index contributed by atoms with van der Waals surface area (Å²) >= 11 is 1.31. The summed E-state index contributed by atoms with van der Waals surface area (Å²) in [5, 5.41) is 22.9. The van der Waals surface area contributed by atoms with E-state index in [-0.39, 0.29) is 17.4 Å². The lowest BCUT2D eigenvalue weighted by Gasteiger charge is -2.08. The number of phenols is 1. The quantitative estimate of drug-likeness (QED) is 0.299. The van der Waals surface area contributed by atoms with E-state index in [1.807, 2.05) is 42.7 Å². The second-order valence-corrected chi connectivity index (χ2v) is 7.50. The SMILES string of the molecule is CCC(=NNC(=O)CSc1nnc(-c2ccc(OC)cc2)n1CC)c1ccc(O)cc1. The van der Waals surface area contributed by atoms with Gasteiger partial charge in [-0.2, -0.15) is 5.10 Å². The summed E-state index contributed by atoms with van der Waals surface area (Å²) in [5.74, 6) is 1.64. The van der Waals surface area contributed by atoms with E-state index in [9.17, 15) is 9.90 Å². The standard InChI is InChI=1S/C22H25N5O3S/c1-4-19(15-6-10-17(28)11-7-15)23-24-20(29)14-31-22-26-25-21(27(22)5-2)16-8-12-18(30-3)13-9-16/h6-13,28H,4-5,14H2,1-3H3,(H,24,29). The van der Waals surface area contributed by atoms with Gasteiger partial charge in [-0.05, 0) is 67.4 Å². The van der Waals surface area contributed by atoms with Crippen LogP contribution in [-0.2, 0) is 11.3 Å². The van der Waals surface area contributed by atoms with E-state index in [0.717, 1.165) is 28.4 Å². The fourth-order valence-corrected chi connectivity index (χ4v) is 3.72. The van der Waals surface area contributed by atoms with Gasteiger partial charge in [-0.3, -0.25) is 4.79 Å². The van der Waals surface area contributed by atoms with Crippen molar-refractivity contribution in [1.29, 1.82) is 0 Å². The molecule has 162 valence electrons. The molecule has 1 amide bonds. The van der Waals surface area contributed by atoms with Gasteiger partial charge in [-0.1, -0.05) is 18.7 Å². The van der Waals surface area contributed by atoms with Crippen molar-refractivity contribution in [3.8, 4) is 22.9 Å². The first-order valence-corrected chi connectivity index (χ1v) is 10.9. The van der Waals surface area contributed by atoms with Crippen molar-refractivity contribution in [3.63, 3.8) is 0 Å². The van der Waals surface area contributed by atoms with Crippen molar-refractivity contribution in [2.45, 2.75) is 32.0 Å². The number of nitrogens with zero attached hydrogens (tertiary/aromatic N) is 4. The highest BCUT2D eigenvalue weighted by atomic mass is 32.2. The van der Waals surface area contributed by atoms with Crippen molar-refractivity contribution in [3.05, 3.63) is 54.1 Å². The number of carbonyl (C=O) groups is 1. The molecule has 3 aromatic rings. The average molecular weight is 440 g/mol. The van der Waals surface area contributed by atoms with Gasteiger partial charge in [0.25, 0.3) is 5.91 Å². The molecule has 2 N–H and O–H groups in total. The Labute approximate surface area is 185 Å². The molecule has 0 radical (unpaired) electrons. The van der Waals surface area contributed by atoms with Gasteiger partial charge >= 0.3 is 0 Å². The summed E-state index contributed by atoms with van der Waals surface area (Å²) in [4.78, 5) is 12.3. The minimum atomic E-state index is -0.230. The number of hydrogen-bond donors (Lipinski definition) is 2. The Balaban J connectivity index is 1.64. The molecule has 9 heteroatoms. The number of methoxy groups -OCH3 is 1. The molecule has 0 spiro atoms. The first-order valence-electron chi connectivity index (χ1n) is 9.90. The van der Waals surface area contributed by atoms with Gasteiger partial charge in [-0.15, -0.1) is 10.2 Å². The third kappa shape index (κ3) is 5.64. The average Bonchev–Trinajstić information content (AvgIpc) is 3.22. The molecular formula is C22H25N5O3S. The first-order chi connectivity index (χ1) is 15.0. The summed E-state index contributed by atoms with van der Waals surface area (Å²) in [6, 6.07) is 14.3. The molecule has 0 unspecified atom stereocenters. The lowest BCUT2D eigenvalue weighted by molar-refractivity contribution is -0.118. The summed E-state index contributed by atoms with van der Waals surface area (Å²) in [6.07, 6.45) is 0.646. The maximum Gasteiger partial charge on any atom is 0.250 e. The highest BCUT2D eigenvalue weighted by Gasteiger charge is 2.15. The summed E-state index contributed by atoms with van der Waals surface area (Å²) in [7, 11) is 1.63. The number of hydrogen-bond acceptors (Lipinski definition) is 7. The van der Waals surface area contributed by atoms with Gasteiger partial charge in [0.1, 0.15) is 11.5 Å². The van der Waals surface area contributed by atoms with Crippen molar-refractivity contribution < 1.29 is 14.6 Å². The van der Waals surface area contributed by atoms with E-state index in [1.165, 1.54) is 11.8 Å². The predicted octanol–water partition coefficient (Wildman–Crippen LogP) is 3.70. The highest BCUT2D eigenvalue weighted by Crippen LogP contribution is 2.25. The number of aromatic nitrogens is 3. The van der Waals surface area contributed by atoms with Crippen LogP contribution in [0.1, 0.15) is 25.8 Å². The zero-order valence-corrected chi connectivity index (χ0v) is 18.5. The molecule has 2 aromatic carbocycles. The third-order valence-corrected chi connectivity index (χ3v) is 5.53. The second kappa shape index (κ2) is 10.6. The fraction of sp³-hybridized carbons (Fsp3) is 0.273. The predicted molar refractivity (Wildman–Crippen MR) is 121 cm³/mol. The maximum atomic E-state index is 12.3. The van der Waals surface area contributed by atoms with Crippen LogP contribution in [0.5, 0.6) is 11.5 Å². The van der Waals surface area contributed by atoms with Crippen LogP contribution in [0, 0.1) is 0 Å². The van der Waals surface area contributed by atoms with Crippen LogP contribution in [0.2, 0.25) is 0 Å². The van der Waals surface area contributed by atoms with Gasteiger partial charge in [0.2, 0.25) is 0 Å². The summed E-state index contributed by atoms with van der Waals surface area (Å²) in [6.45, 7) is 4.64. The largest absolute Gasteiger partial charge is 0.508 e. The number of thioether (sulfide) groups is 1. The molecule has 0 fully saturated rings. The molecule has 3 rings (SSSR count). The molecule has 0 saturated carbocycles. The van der Waals surface area contributed by atoms with Crippen LogP contribution in [0.4, 0.5) is 0 Å². The molecule has 1 aromatic heterocycles. The molecule has 0 aliphatic rings. The number of phenolic OH excluding ortho intramolecular Hbond substituents is 1. The van der Waals surface area contributed by atoms with Gasteiger partial charge in [-0.25, -0.2) is 5.43 Å². The second-order valence-electron chi connectivity index (χ2n) is 6.56. The Morgan fingerprint density at radius 1 is 1.13 bits per heavy atom. The molecule has 0 atom stereocenters. The van der Waals surface area contributed by atoms with Crippen molar-refractivity contribution in [1.82, 2.24) is 20.2 Å². The van der Waals surface area contributed by atoms with Crippen LogP contribution in [0.3, 0.4) is 0 Å². The fourth-order valence-electron chi connectivity index (χ4n) is 2.93. The highest BCUT2D eigenvalue weighted by molar-refractivity contribution is 7.99. The van der Waals surface area contributed by atoms with Gasteiger partial charge in [0.15, 0.2) is 11.0 Å². The van der Waals surface area contributed by atoms with E-state index >= 15 is 0 Å². The number of ether oxygens (including phenoxy) is 1. The number of amides is 1. The molecular weight excluding hydrogens is 414 g/mol. The number of carbonyl (C=O) groups excluding carboxylic acids is 1. The van der Waals surface area contributed by atoms with E-state index in [1.54, 1.807) is 31.4 Å². The topological polar surface area (TPSA) is 102 Å². The molecule has 8 nitrogen and oxygen atoms in total. The molecule has 0 bridgehead atoms. The third-order valence-electron chi connectivity index (χ3n) is 4.56. The van der Waals surface area contributed by atoms with E-state index in [0.29, 0.717) is 18.1 Å².